The minimum atomic E-state index is -0.382. The summed E-state index contributed by atoms with van der Waals surface area (Å²) in [6, 6.07) is 12.4. The highest BCUT2D eigenvalue weighted by Gasteiger charge is 2.20. The molecule has 0 radical (unpaired) electrons. The van der Waals surface area contributed by atoms with E-state index in [9.17, 15) is 9.59 Å². The number of carbonyl (C=O) groups excluding carboxylic acids is 2. The monoisotopic (exact) mass is 424 g/mol. The molecule has 7 nitrogen and oxygen atoms in total. The van der Waals surface area contributed by atoms with Crippen molar-refractivity contribution < 1.29 is 14.3 Å². The van der Waals surface area contributed by atoms with Gasteiger partial charge in [0.15, 0.2) is 0 Å². The van der Waals surface area contributed by atoms with Gasteiger partial charge in [0.05, 0.1) is 12.7 Å². The molecule has 3 rings (SSSR count). The molecule has 1 unspecified atom stereocenters. The van der Waals surface area contributed by atoms with Gasteiger partial charge in [0, 0.05) is 42.3 Å². The van der Waals surface area contributed by atoms with Crippen molar-refractivity contribution in [2.75, 3.05) is 35.7 Å². The predicted molar refractivity (Wildman–Crippen MR) is 125 cm³/mol. The summed E-state index contributed by atoms with van der Waals surface area (Å²) in [6.45, 7) is 5.90. The summed E-state index contributed by atoms with van der Waals surface area (Å²) in [7, 11) is 1.58. The second-order valence-electron chi connectivity index (χ2n) is 7.87. The van der Waals surface area contributed by atoms with Crippen molar-refractivity contribution in [3.63, 3.8) is 0 Å². The number of amides is 3. The second-order valence-corrected chi connectivity index (χ2v) is 7.87. The van der Waals surface area contributed by atoms with E-state index in [2.05, 4.69) is 20.9 Å². The van der Waals surface area contributed by atoms with Crippen LogP contribution in [-0.2, 0) is 0 Å². The van der Waals surface area contributed by atoms with Crippen molar-refractivity contribution in [2.45, 2.75) is 45.6 Å². The van der Waals surface area contributed by atoms with Gasteiger partial charge in [-0.15, -0.1) is 0 Å². The zero-order valence-electron chi connectivity index (χ0n) is 18.5. The summed E-state index contributed by atoms with van der Waals surface area (Å²) in [6.07, 6.45) is 4.31. The normalized spacial score (nSPS) is 14.5. The number of benzene rings is 2. The van der Waals surface area contributed by atoms with Crippen molar-refractivity contribution in [3.8, 4) is 5.75 Å². The Balaban J connectivity index is 1.79. The van der Waals surface area contributed by atoms with Crippen LogP contribution in [0, 0.1) is 0 Å². The zero-order chi connectivity index (χ0) is 22.2. The molecular formula is C24H32N4O3. The van der Waals surface area contributed by atoms with Gasteiger partial charge >= 0.3 is 6.03 Å². The molecule has 1 aliphatic heterocycles. The molecule has 0 aromatic heterocycles. The number of carbonyl (C=O) groups is 2. The summed E-state index contributed by atoms with van der Waals surface area (Å²) in [4.78, 5) is 27.8. The number of nitrogens with zero attached hydrogens (tertiary/aromatic N) is 1. The Labute approximate surface area is 184 Å². The largest absolute Gasteiger partial charge is 0.497 e. The van der Waals surface area contributed by atoms with Crippen LogP contribution in [0.5, 0.6) is 5.75 Å². The molecule has 1 aliphatic rings. The van der Waals surface area contributed by atoms with Gasteiger partial charge < -0.3 is 25.6 Å². The number of hydrogen-bond acceptors (Lipinski definition) is 4. The van der Waals surface area contributed by atoms with Gasteiger partial charge in [-0.3, -0.25) is 4.79 Å². The van der Waals surface area contributed by atoms with E-state index < -0.39 is 0 Å². The third-order valence-corrected chi connectivity index (χ3v) is 5.51. The van der Waals surface area contributed by atoms with Crippen LogP contribution in [0.3, 0.4) is 0 Å². The number of hydrogen-bond donors (Lipinski definition) is 3. The Hall–Kier alpha value is -3.22. The van der Waals surface area contributed by atoms with Crippen molar-refractivity contribution in [3.05, 3.63) is 48.0 Å². The topological polar surface area (TPSA) is 82.7 Å². The van der Waals surface area contributed by atoms with Crippen LogP contribution in [0.4, 0.5) is 21.9 Å². The quantitative estimate of drug-likeness (QED) is 0.593. The lowest BCUT2D eigenvalue weighted by atomic mass is 10.1. The molecule has 0 aliphatic carbocycles. The molecule has 0 saturated carbocycles. The number of rotatable bonds is 7. The Morgan fingerprint density at radius 1 is 1.03 bits per heavy atom. The highest BCUT2D eigenvalue weighted by atomic mass is 16.5. The van der Waals surface area contributed by atoms with Gasteiger partial charge in [-0.2, -0.15) is 0 Å². The molecule has 31 heavy (non-hydrogen) atoms. The fraction of sp³-hybridized carbons (Fsp3) is 0.417. The Morgan fingerprint density at radius 2 is 1.74 bits per heavy atom. The van der Waals surface area contributed by atoms with Gasteiger partial charge in [-0.05, 0) is 62.9 Å². The van der Waals surface area contributed by atoms with E-state index in [0.29, 0.717) is 22.7 Å². The first-order valence-corrected chi connectivity index (χ1v) is 10.9. The summed E-state index contributed by atoms with van der Waals surface area (Å²) < 4.78 is 5.19. The number of ether oxygens (including phenoxy) is 1. The first-order chi connectivity index (χ1) is 15.0. The van der Waals surface area contributed by atoms with Crippen LogP contribution in [0.15, 0.2) is 42.5 Å². The number of methoxy groups -OCH3 is 1. The van der Waals surface area contributed by atoms with E-state index in [1.807, 2.05) is 32.0 Å². The van der Waals surface area contributed by atoms with Crippen LogP contribution in [0.2, 0.25) is 0 Å². The lowest BCUT2D eigenvalue weighted by Crippen LogP contribution is -2.35. The maximum absolute atomic E-state index is 13.0. The number of anilines is 3. The van der Waals surface area contributed by atoms with E-state index >= 15 is 0 Å². The molecular weight excluding hydrogens is 392 g/mol. The highest BCUT2D eigenvalue weighted by Crippen LogP contribution is 2.28. The van der Waals surface area contributed by atoms with Crippen molar-refractivity contribution in [1.29, 1.82) is 0 Å². The summed E-state index contributed by atoms with van der Waals surface area (Å²) in [5.74, 6) is 0.541. The first kappa shape index (κ1) is 22.5. The average molecular weight is 425 g/mol. The predicted octanol–water partition coefficient (Wildman–Crippen LogP) is 4.86. The van der Waals surface area contributed by atoms with E-state index in [-0.39, 0.29) is 18.0 Å². The van der Waals surface area contributed by atoms with Crippen LogP contribution in [0.1, 0.15) is 49.9 Å². The SMILES string of the molecule is CCC(C)NC(=O)c1cc(NC(=O)Nc2cccc(OC)c2)ccc1N1CCCCC1. The zero-order valence-corrected chi connectivity index (χ0v) is 18.5. The van der Waals surface area contributed by atoms with Gasteiger partial charge in [-0.1, -0.05) is 13.0 Å². The molecule has 0 bridgehead atoms. The molecule has 3 N–H and O–H groups in total. The Morgan fingerprint density at radius 3 is 2.42 bits per heavy atom. The molecule has 166 valence electrons. The van der Waals surface area contributed by atoms with Gasteiger partial charge in [0.1, 0.15) is 5.75 Å². The van der Waals surface area contributed by atoms with Crippen LogP contribution >= 0.6 is 0 Å². The van der Waals surface area contributed by atoms with Gasteiger partial charge in [0.2, 0.25) is 0 Å². The minimum absolute atomic E-state index is 0.0784. The third kappa shape index (κ3) is 6.13. The Bertz CT molecular complexity index is 909. The summed E-state index contributed by atoms with van der Waals surface area (Å²) >= 11 is 0. The molecule has 1 heterocycles. The number of nitrogens with one attached hydrogen (secondary N) is 3. The first-order valence-electron chi connectivity index (χ1n) is 10.9. The van der Waals surface area contributed by atoms with Crippen molar-refractivity contribution >= 4 is 29.0 Å². The Kier molecular flexibility index (Phi) is 7.76. The fourth-order valence-electron chi connectivity index (χ4n) is 3.60. The molecule has 2 aromatic rings. The molecule has 1 fully saturated rings. The average Bonchev–Trinajstić information content (AvgIpc) is 2.79. The van der Waals surface area contributed by atoms with E-state index in [1.54, 1.807) is 31.4 Å². The van der Waals surface area contributed by atoms with Crippen molar-refractivity contribution in [1.82, 2.24) is 5.32 Å². The third-order valence-electron chi connectivity index (χ3n) is 5.51. The molecule has 7 heteroatoms. The number of piperidine rings is 1. The van der Waals surface area contributed by atoms with E-state index in [1.165, 1.54) is 6.42 Å². The standard InChI is InChI=1S/C24H32N4O3/c1-4-17(2)25-23(29)21-16-19(11-12-22(21)28-13-6-5-7-14-28)27-24(30)26-18-9-8-10-20(15-18)31-3/h8-12,15-17H,4-7,13-14H2,1-3H3,(H,25,29)(H2,26,27,30). The fourth-order valence-corrected chi connectivity index (χ4v) is 3.60. The van der Waals surface area contributed by atoms with Crippen LogP contribution < -0.4 is 25.6 Å². The second kappa shape index (κ2) is 10.7. The lowest BCUT2D eigenvalue weighted by Gasteiger charge is -2.31. The maximum atomic E-state index is 13.0. The van der Waals surface area contributed by atoms with Crippen molar-refractivity contribution in [2.24, 2.45) is 0 Å². The van der Waals surface area contributed by atoms with Gasteiger partial charge in [0.25, 0.3) is 5.91 Å². The van der Waals surface area contributed by atoms with E-state index in [4.69, 9.17) is 4.74 Å². The molecule has 2 aromatic carbocycles. The van der Waals surface area contributed by atoms with Crippen LogP contribution in [-0.4, -0.2) is 38.2 Å². The summed E-state index contributed by atoms with van der Waals surface area (Å²) in [5.41, 5.74) is 2.69. The van der Waals surface area contributed by atoms with Crippen LogP contribution in [0.25, 0.3) is 0 Å². The smallest absolute Gasteiger partial charge is 0.323 e. The highest BCUT2D eigenvalue weighted by molar-refractivity contribution is 6.04. The lowest BCUT2D eigenvalue weighted by molar-refractivity contribution is 0.0939. The summed E-state index contributed by atoms with van der Waals surface area (Å²) in [5, 5.41) is 8.67. The van der Waals surface area contributed by atoms with E-state index in [0.717, 1.165) is 38.0 Å². The number of urea groups is 1. The molecule has 0 spiro atoms. The molecule has 1 atom stereocenters. The van der Waals surface area contributed by atoms with Gasteiger partial charge in [-0.25, -0.2) is 4.79 Å². The minimum Gasteiger partial charge on any atom is -0.497 e. The maximum Gasteiger partial charge on any atom is 0.323 e. The molecule has 1 saturated heterocycles. The molecule has 3 amide bonds.